The van der Waals surface area contributed by atoms with Crippen LogP contribution < -0.4 is 0 Å². The molecule has 8 nitrogen and oxygen atoms in total. The summed E-state index contributed by atoms with van der Waals surface area (Å²) < 4.78 is 54.0. The fourth-order valence-electron chi connectivity index (χ4n) is 3.69. The average molecular weight is 466 g/mol. The van der Waals surface area contributed by atoms with Crippen LogP contribution in [0.5, 0.6) is 0 Å². The van der Waals surface area contributed by atoms with Gasteiger partial charge in [0.25, 0.3) is 0 Å². The Morgan fingerprint density at radius 2 is 1.55 bits per heavy atom. The maximum atomic E-state index is 13.4. The Morgan fingerprint density at radius 3 is 2.10 bits per heavy atom. The molecule has 0 saturated carbocycles. The highest BCUT2D eigenvalue weighted by molar-refractivity contribution is 8.21. The van der Waals surface area contributed by atoms with E-state index in [-0.39, 0.29) is 43.9 Å². The van der Waals surface area contributed by atoms with Crippen LogP contribution in [0.2, 0.25) is 0 Å². The van der Waals surface area contributed by atoms with Gasteiger partial charge >= 0.3 is 7.82 Å². The van der Waals surface area contributed by atoms with Crippen molar-refractivity contribution in [2.75, 3.05) is 19.8 Å². The summed E-state index contributed by atoms with van der Waals surface area (Å²) in [5.74, 6) is -0.0891. The van der Waals surface area contributed by atoms with Gasteiger partial charge in [0.15, 0.2) is 7.57 Å². The Kier molecular flexibility index (Phi) is 7.87. The van der Waals surface area contributed by atoms with Crippen LogP contribution in [0.1, 0.15) is 27.7 Å². The van der Waals surface area contributed by atoms with E-state index in [1.807, 2.05) is 27.7 Å². The molecule has 3 heterocycles. The zero-order valence-corrected chi connectivity index (χ0v) is 19.8. The van der Waals surface area contributed by atoms with E-state index in [9.17, 15) is 4.57 Å². The maximum absolute atomic E-state index is 13.4. The summed E-state index contributed by atoms with van der Waals surface area (Å²) in [6.45, 7) is 11.3. The largest absolute Gasteiger partial charge is 0.475 e. The molecule has 2 radical (unpaired) electrons. The molecule has 3 rings (SSSR count). The molecule has 3 fully saturated rings. The van der Waals surface area contributed by atoms with Gasteiger partial charge < -0.3 is 18.5 Å². The highest BCUT2D eigenvalue weighted by Crippen LogP contribution is 2.56. The average Bonchev–Trinajstić information content (AvgIpc) is 3.07. The van der Waals surface area contributed by atoms with Crippen LogP contribution in [-0.4, -0.2) is 64.0 Å². The van der Waals surface area contributed by atoms with Crippen molar-refractivity contribution < 1.29 is 36.7 Å². The third-order valence-electron chi connectivity index (χ3n) is 5.71. The summed E-state index contributed by atoms with van der Waals surface area (Å²) in [6, 6.07) is 0. The minimum Gasteiger partial charge on any atom is -0.370 e. The third-order valence-corrected chi connectivity index (χ3v) is 8.77. The maximum Gasteiger partial charge on any atom is 0.475 e. The number of phosphoric acid groups is 1. The van der Waals surface area contributed by atoms with Gasteiger partial charge in [-0.2, -0.15) is 0 Å². The van der Waals surface area contributed by atoms with E-state index in [2.05, 4.69) is 6.58 Å². The lowest BCUT2D eigenvalue weighted by Gasteiger charge is -2.32. The van der Waals surface area contributed by atoms with Gasteiger partial charge in [0.1, 0.15) is 24.7 Å². The van der Waals surface area contributed by atoms with Crippen LogP contribution in [0, 0.1) is 11.8 Å². The zero-order chi connectivity index (χ0) is 21.4. The van der Waals surface area contributed by atoms with Gasteiger partial charge in [-0.25, -0.2) is 4.57 Å². The Balaban J connectivity index is 1.89. The molecule has 10 atom stereocenters. The van der Waals surface area contributed by atoms with Gasteiger partial charge in [-0.3, -0.25) is 13.6 Å². The standard InChI is InChI=1S/C17H29BO8P2S/c1-6-7-20-28(19)22-9-15-16(10(2)12(4)24-15)25-27(18,29)21-8-14-17(26-28)11(3)13(5)23-14/h6,10-17H,1,7-9H2,2-5H3/t10?,11?,12-,13-,14+,15+,16+,17+,27?,28?/m0/s1. The first-order chi connectivity index (χ1) is 13.6. The first-order valence-corrected chi connectivity index (χ1v) is 13.9. The number of phosphoric ester groups is 1. The molecule has 29 heavy (non-hydrogen) atoms. The van der Waals surface area contributed by atoms with Crippen molar-refractivity contribution in [1.29, 1.82) is 0 Å². The van der Waals surface area contributed by atoms with Gasteiger partial charge in [0.05, 0.1) is 38.1 Å². The second kappa shape index (κ2) is 9.49. The van der Waals surface area contributed by atoms with Gasteiger partial charge in [0.2, 0.25) is 0 Å². The Hall–Kier alpha value is 0.405. The molecule has 0 amide bonds. The number of fused-ring (bicyclic) bond motifs is 2. The highest BCUT2D eigenvalue weighted by Gasteiger charge is 2.49. The first-order valence-electron chi connectivity index (χ1n) is 9.76. The summed E-state index contributed by atoms with van der Waals surface area (Å²) in [4.78, 5) is 0. The quantitative estimate of drug-likeness (QED) is 0.353. The van der Waals surface area contributed by atoms with E-state index in [1.54, 1.807) is 0 Å². The number of rotatable bonds is 3. The normalized spacial score (nSPS) is 51.4. The van der Waals surface area contributed by atoms with Crippen molar-refractivity contribution in [1.82, 2.24) is 0 Å². The molecule has 0 aromatic carbocycles. The predicted molar refractivity (Wildman–Crippen MR) is 112 cm³/mol. The molecule has 3 aliphatic heterocycles. The van der Waals surface area contributed by atoms with E-state index in [1.165, 1.54) is 6.08 Å². The molecular weight excluding hydrogens is 437 g/mol. The van der Waals surface area contributed by atoms with Crippen LogP contribution in [0.25, 0.3) is 0 Å². The number of hydrogen-bond acceptors (Lipinski definition) is 9. The minimum atomic E-state index is -3.93. The second-order valence-corrected chi connectivity index (χ2v) is 12.5. The lowest BCUT2D eigenvalue weighted by Crippen LogP contribution is -2.36. The van der Waals surface area contributed by atoms with Gasteiger partial charge in [0, 0.05) is 11.8 Å². The van der Waals surface area contributed by atoms with E-state index in [0.29, 0.717) is 0 Å². The zero-order valence-electron chi connectivity index (χ0n) is 17.2. The molecule has 4 unspecified atom stereocenters. The number of ether oxygens (including phenoxy) is 2. The Bertz CT molecular complexity index is 696. The van der Waals surface area contributed by atoms with Crippen LogP contribution in [0.3, 0.4) is 0 Å². The van der Waals surface area contributed by atoms with Gasteiger partial charge in [-0.15, -0.1) is 6.58 Å². The van der Waals surface area contributed by atoms with Crippen molar-refractivity contribution >= 4 is 33.6 Å². The summed E-state index contributed by atoms with van der Waals surface area (Å²) in [6.07, 6.45) is -3.98. The Labute approximate surface area is 179 Å². The lowest BCUT2D eigenvalue weighted by molar-refractivity contribution is -0.0418. The third kappa shape index (κ3) is 5.61. The molecule has 0 spiro atoms. The highest BCUT2D eigenvalue weighted by atomic mass is 32.4. The van der Waals surface area contributed by atoms with E-state index in [0.717, 1.165) is 0 Å². The van der Waals surface area contributed by atoms with E-state index in [4.69, 9.17) is 51.5 Å². The minimum absolute atomic E-state index is 0.00839. The predicted octanol–water partition coefficient (Wildman–Crippen LogP) is 3.35. The molecule has 3 saturated heterocycles. The molecular formula is C17H29BO8P2S. The van der Waals surface area contributed by atoms with Crippen LogP contribution >= 0.6 is 14.2 Å². The molecule has 0 aliphatic carbocycles. The molecule has 3 aliphatic rings. The SMILES string of the molecule is [B]P1(=S)OC[C@H]2O[C@@H](C)C(C)[C@H]2OP(=O)(OCC=C)OC[C@H]2O[C@@H](C)C(C)[C@H]2O1. The summed E-state index contributed by atoms with van der Waals surface area (Å²) >= 11 is 5.42. The van der Waals surface area contributed by atoms with Gasteiger partial charge in [-0.05, 0) is 25.7 Å². The molecule has 0 N–H and O–H groups in total. The van der Waals surface area contributed by atoms with Crippen LogP contribution in [0.15, 0.2) is 12.7 Å². The summed E-state index contributed by atoms with van der Waals surface area (Å²) in [7, 11) is 2.26. The van der Waals surface area contributed by atoms with Crippen molar-refractivity contribution in [2.24, 2.45) is 11.8 Å². The Morgan fingerprint density at radius 1 is 1.03 bits per heavy atom. The molecule has 12 heteroatoms. The van der Waals surface area contributed by atoms with E-state index < -0.39 is 38.6 Å². The smallest absolute Gasteiger partial charge is 0.370 e. The van der Waals surface area contributed by atoms with Crippen molar-refractivity contribution in [3.8, 4) is 0 Å². The molecule has 0 aromatic rings. The first kappa shape index (κ1) is 24.1. The van der Waals surface area contributed by atoms with Crippen LogP contribution in [-0.2, 0) is 48.5 Å². The van der Waals surface area contributed by atoms with Gasteiger partial charge in [-0.1, -0.05) is 19.9 Å². The van der Waals surface area contributed by atoms with Crippen molar-refractivity contribution in [2.45, 2.75) is 64.3 Å². The fourth-order valence-corrected chi connectivity index (χ4v) is 6.70. The summed E-state index contributed by atoms with van der Waals surface area (Å²) in [5.41, 5.74) is 0. The van der Waals surface area contributed by atoms with Crippen LogP contribution in [0.4, 0.5) is 0 Å². The lowest BCUT2D eigenvalue weighted by atomic mass is 10.00. The second-order valence-electron chi connectivity index (χ2n) is 7.78. The summed E-state index contributed by atoms with van der Waals surface area (Å²) in [5, 5.41) is 0. The van der Waals surface area contributed by atoms with Crippen molar-refractivity contribution in [3.05, 3.63) is 12.7 Å². The monoisotopic (exact) mass is 466 g/mol. The van der Waals surface area contributed by atoms with Crippen molar-refractivity contribution in [3.63, 3.8) is 0 Å². The molecule has 0 bridgehead atoms. The topological polar surface area (TPSA) is 81.7 Å². The number of hydrogen-bond donors (Lipinski definition) is 0. The van der Waals surface area contributed by atoms with E-state index >= 15 is 0 Å². The fraction of sp³-hybridized carbons (Fsp3) is 0.882. The molecule has 164 valence electrons. The molecule has 0 aromatic heterocycles.